The number of fused-ring (bicyclic) bond motifs is 1. The Hall–Kier alpha value is -2.05. The molecule has 0 spiro atoms. The molecule has 2 atom stereocenters. The molecule has 23 heavy (non-hydrogen) atoms. The lowest BCUT2D eigenvalue weighted by Crippen LogP contribution is -2.26. The largest absolute Gasteiger partial charge is 0.504 e. The van der Waals surface area contributed by atoms with E-state index in [9.17, 15) is 9.50 Å². The fourth-order valence-corrected chi connectivity index (χ4v) is 2.62. The number of alkyl halides is 2. The molecule has 2 N–H and O–H groups in total. The first-order valence-corrected chi connectivity index (χ1v) is 7.47. The third-order valence-electron chi connectivity index (χ3n) is 3.44. The van der Waals surface area contributed by atoms with Crippen LogP contribution in [0.2, 0.25) is 0 Å². The first-order chi connectivity index (χ1) is 11.0. The molecule has 0 fully saturated rings. The van der Waals surface area contributed by atoms with Crippen LogP contribution < -0.4 is 10.1 Å². The first kappa shape index (κ1) is 15.8. The van der Waals surface area contributed by atoms with Crippen molar-refractivity contribution in [3.8, 4) is 11.5 Å². The fourth-order valence-electron chi connectivity index (χ4n) is 2.23. The molecule has 2 aromatic rings. The van der Waals surface area contributed by atoms with E-state index < -0.39 is 11.5 Å². The maximum Gasteiger partial charge on any atom is 0.162 e. The number of methoxy groups -OCH3 is 1. The minimum Gasteiger partial charge on any atom is -0.504 e. The highest BCUT2D eigenvalue weighted by Crippen LogP contribution is 2.35. The second-order valence-electron chi connectivity index (χ2n) is 4.87. The average Bonchev–Trinajstić information content (AvgIpc) is 2.55. The molecule has 3 rings (SSSR count). The minimum atomic E-state index is -1.49. The Morgan fingerprint density at radius 2 is 2.09 bits per heavy atom. The third kappa shape index (κ3) is 2.92. The molecule has 1 heterocycles. The number of rotatable bonds is 3. The molecule has 1 aliphatic carbocycles. The second kappa shape index (κ2) is 6.22. The van der Waals surface area contributed by atoms with E-state index in [4.69, 9.17) is 27.9 Å². The minimum absolute atomic E-state index is 0.0644. The lowest BCUT2D eigenvalue weighted by atomic mass is 10.1. The van der Waals surface area contributed by atoms with Crippen molar-refractivity contribution >= 4 is 39.9 Å². The van der Waals surface area contributed by atoms with Crippen LogP contribution in [0.15, 0.2) is 41.3 Å². The number of hydrogen-bond acceptors (Lipinski definition) is 5. The maximum atomic E-state index is 14.3. The molecule has 2 unspecified atom stereocenters. The average molecular weight is 356 g/mol. The van der Waals surface area contributed by atoms with Gasteiger partial charge in [-0.3, -0.25) is 0 Å². The quantitative estimate of drug-likeness (QED) is 0.821. The van der Waals surface area contributed by atoms with Gasteiger partial charge >= 0.3 is 0 Å². The van der Waals surface area contributed by atoms with E-state index in [1.807, 2.05) is 0 Å². The molecule has 0 aliphatic heterocycles. The van der Waals surface area contributed by atoms with Gasteiger partial charge in [0.15, 0.2) is 17.7 Å². The van der Waals surface area contributed by atoms with Crippen molar-refractivity contribution in [3.05, 3.63) is 41.3 Å². The van der Waals surface area contributed by atoms with Crippen molar-refractivity contribution in [2.45, 2.75) is 11.5 Å². The standard InChI is InChI=1S/C15H12Cl2FN3O2/c1-23-12-5-10-7(4-11(12)22)15(20-6-19-10)21-9-3-2-8(16)13(17)14(9)18/h2-6,13-14,22H,1H3,(H,19,20,21). The predicted octanol–water partition coefficient (Wildman–Crippen LogP) is 3.72. The van der Waals surface area contributed by atoms with Gasteiger partial charge in [-0.25, -0.2) is 14.4 Å². The van der Waals surface area contributed by atoms with Crippen LogP contribution >= 0.6 is 23.2 Å². The Morgan fingerprint density at radius 1 is 1.30 bits per heavy atom. The number of allylic oxidation sites excluding steroid dienone is 4. The Balaban J connectivity index is 2.02. The molecule has 1 aromatic heterocycles. The molecule has 8 heteroatoms. The summed E-state index contributed by atoms with van der Waals surface area (Å²) in [6, 6.07) is 3.02. The Bertz CT molecular complexity index is 826. The number of nitrogens with one attached hydrogen (secondary N) is 1. The van der Waals surface area contributed by atoms with Crippen molar-refractivity contribution in [2.75, 3.05) is 12.4 Å². The van der Waals surface area contributed by atoms with Crippen molar-refractivity contribution in [3.63, 3.8) is 0 Å². The summed E-state index contributed by atoms with van der Waals surface area (Å²) in [7, 11) is 1.44. The smallest absolute Gasteiger partial charge is 0.162 e. The van der Waals surface area contributed by atoms with E-state index in [1.54, 1.807) is 6.07 Å². The second-order valence-corrected chi connectivity index (χ2v) is 5.77. The summed E-state index contributed by atoms with van der Waals surface area (Å²) >= 11 is 11.7. The van der Waals surface area contributed by atoms with Crippen LogP contribution in [0.4, 0.5) is 10.2 Å². The van der Waals surface area contributed by atoms with E-state index in [-0.39, 0.29) is 22.2 Å². The summed E-state index contributed by atoms with van der Waals surface area (Å²) in [6.45, 7) is 0. The number of benzene rings is 1. The van der Waals surface area contributed by atoms with Gasteiger partial charge in [-0.1, -0.05) is 11.6 Å². The Morgan fingerprint density at radius 3 is 2.83 bits per heavy atom. The zero-order chi connectivity index (χ0) is 16.6. The van der Waals surface area contributed by atoms with Crippen LogP contribution in [-0.4, -0.2) is 33.7 Å². The molecule has 0 bridgehead atoms. The molecule has 0 saturated heterocycles. The number of aromatic hydroxyl groups is 1. The van der Waals surface area contributed by atoms with Crippen LogP contribution in [0.3, 0.4) is 0 Å². The van der Waals surface area contributed by atoms with Gasteiger partial charge in [0.25, 0.3) is 0 Å². The summed E-state index contributed by atoms with van der Waals surface area (Å²) in [5, 5.41) is 12.6. The zero-order valence-corrected chi connectivity index (χ0v) is 13.4. The van der Waals surface area contributed by atoms with Crippen molar-refractivity contribution in [1.82, 2.24) is 9.97 Å². The van der Waals surface area contributed by atoms with Crippen molar-refractivity contribution < 1.29 is 14.2 Å². The topological polar surface area (TPSA) is 67.3 Å². The monoisotopic (exact) mass is 355 g/mol. The lowest BCUT2D eigenvalue weighted by molar-refractivity contribution is 0.374. The highest BCUT2D eigenvalue weighted by Gasteiger charge is 2.28. The molecule has 5 nitrogen and oxygen atoms in total. The van der Waals surface area contributed by atoms with Crippen LogP contribution in [0, 0.1) is 0 Å². The highest BCUT2D eigenvalue weighted by molar-refractivity contribution is 6.38. The van der Waals surface area contributed by atoms with E-state index >= 15 is 0 Å². The summed E-state index contributed by atoms with van der Waals surface area (Å²) in [5.41, 5.74) is 0.768. The van der Waals surface area contributed by atoms with Crippen LogP contribution in [0.1, 0.15) is 0 Å². The normalized spacial score (nSPS) is 20.9. The van der Waals surface area contributed by atoms with Gasteiger partial charge in [0.1, 0.15) is 17.5 Å². The third-order valence-corrected chi connectivity index (χ3v) is 4.37. The molecule has 0 saturated carbocycles. The van der Waals surface area contributed by atoms with Crippen LogP contribution in [0.5, 0.6) is 11.5 Å². The Kier molecular flexibility index (Phi) is 4.28. The molecule has 0 amide bonds. The van der Waals surface area contributed by atoms with Gasteiger partial charge in [0, 0.05) is 16.5 Å². The molecule has 1 aromatic carbocycles. The highest BCUT2D eigenvalue weighted by atomic mass is 35.5. The van der Waals surface area contributed by atoms with Crippen LogP contribution in [-0.2, 0) is 0 Å². The summed E-state index contributed by atoms with van der Waals surface area (Å²) in [6.07, 6.45) is 2.87. The predicted molar refractivity (Wildman–Crippen MR) is 87.9 cm³/mol. The molecular weight excluding hydrogens is 344 g/mol. The van der Waals surface area contributed by atoms with Gasteiger partial charge in [0.05, 0.1) is 18.3 Å². The van der Waals surface area contributed by atoms with Gasteiger partial charge < -0.3 is 15.2 Å². The number of nitrogens with zero attached hydrogens (tertiary/aromatic N) is 2. The summed E-state index contributed by atoms with van der Waals surface area (Å²) in [5.74, 6) is 0.570. The van der Waals surface area contributed by atoms with Crippen molar-refractivity contribution in [1.29, 1.82) is 0 Å². The van der Waals surface area contributed by atoms with E-state index in [1.165, 1.54) is 31.7 Å². The lowest BCUT2D eigenvalue weighted by Gasteiger charge is -2.22. The molecule has 1 aliphatic rings. The van der Waals surface area contributed by atoms with Gasteiger partial charge in [0.2, 0.25) is 0 Å². The number of hydrogen-bond donors (Lipinski definition) is 2. The number of ether oxygens (including phenoxy) is 1. The van der Waals surface area contributed by atoms with E-state index in [0.29, 0.717) is 16.7 Å². The zero-order valence-electron chi connectivity index (χ0n) is 11.9. The fraction of sp³-hybridized carbons (Fsp3) is 0.200. The maximum absolute atomic E-state index is 14.3. The SMILES string of the molecule is COc1cc2ncnc(NC3=CC=C(Cl)C(Cl)C3F)c2cc1O. The molecular formula is C15H12Cl2FN3O2. The number of phenols is 1. The number of phenolic OH excluding ortho intramolecular Hbond substituents is 1. The van der Waals surface area contributed by atoms with Crippen LogP contribution in [0.25, 0.3) is 10.9 Å². The first-order valence-electron chi connectivity index (χ1n) is 6.65. The number of aromatic nitrogens is 2. The number of halogens is 3. The molecule has 0 radical (unpaired) electrons. The van der Waals surface area contributed by atoms with Crippen molar-refractivity contribution in [2.24, 2.45) is 0 Å². The van der Waals surface area contributed by atoms with E-state index in [2.05, 4.69) is 15.3 Å². The van der Waals surface area contributed by atoms with Gasteiger partial charge in [-0.05, 0) is 18.2 Å². The summed E-state index contributed by atoms with van der Waals surface area (Å²) in [4.78, 5) is 8.21. The van der Waals surface area contributed by atoms with E-state index in [0.717, 1.165) is 0 Å². The van der Waals surface area contributed by atoms with Gasteiger partial charge in [-0.2, -0.15) is 0 Å². The number of anilines is 1. The van der Waals surface area contributed by atoms with Gasteiger partial charge in [-0.15, -0.1) is 11.6 Å². The summed E-state index contributed by atoms with van der Waals surface area (Å²) < 4.78 is 19.3. The Labute approximate surface area is 141 Å². The molecule has 120 valence electrons.